The van der Waals surface area contributed by atoms with Crippen molar-refractivity contribution in [3.05, 3.63) is 65.0 Å². The maximum Gasteiger partial charge on any atom is 0.269 e. The smallest absolute Gasteiger partial charge is 0.269 e. The van der Waals surface area contributed by atoms with E-state index in [0.29, 0.717) is 11.5 Å². The molecular formula is C17H21N3O3. The molecule has 0 fully saturated rings. The van der Waals surface area contributed by atoms with Gasteiger partial charge in [-0.05, 0) is 24.3 Å². The zero-order valence-corrected chi connectivity index (χ0v) is 13.8. The maximum atomic E-state index is 10.6. The number of nitrogens with zero attached hydrogens (tertiary/aromatic N) is 3. The molecule has 0 spiro atoms. The Bertz CT molecular complexity index is 736. The van der Waals surface area contributed by atoms with Crippen LogP contribution in [0.3, 0.4) is 0 Å². The quantitative estimate of drug-likeness (QED) is 0.499. The van der Waals surface area contributed by atoms with Crippen LogP contribution in [0.15, 0.2) is 54.9 Å². The minimum atomic E-state index is -0.443. The van der Waals surface area contributed by atoms with Crippen LogP contribution < -0.4 is 4.74 Å². The molecule has 23 heavy (non-hydrogen) atoms. The molecule has 6 nitrogen and oxygen atoms in total. The lowest BCUT2D eigenvalue weighted by molar-refractivity contribution is -0.384. The third-order valence-electron chi connectivity index (χ3n) is 2.67. The first-order valence-corrected chi connectivity index (χ1v) is 7.59. The number of non-ortho nitro benzene ring substituents is 1. The summed E-state index contributed by atoms with van der Waals surface area (Å²) in [5.41, 5.74) is 0.871. The lowest BCUT2D eigenvalue weighted by Gasteiger charge is -2.06. The molecule has 3 rings (SSSR count). The molecular weight excluding hydrogens is 294 g/mol. The van der Waals surface area contributed by atoms with Crippen molar-refractivity contribution >= 4 is 11.2 Å². The van der Waals surface area contributed by atoms with Crippen LogP contribution in [0.25, 0.3) is 5.52 Å². The van der Waals surface area contributed by atoms with Gasteiger partial charge < -0.3 is 4.74 Å². The van der Waals surface area contributed by atoms with Crippen molar-refractivity contribution in [3.8, 4) is 11.5 Å². The zero-order valence-electron chi connectivity index (χ0n) is 13.8. The van der Waals surface area contributed by atoms with Gasteiger partial charge in [0.15, 0.2) is 5.75 Å². The minimum absolute atomic E-state index is 0.0370. The standard InChI is InChI=1S/C13H9N3O3.2C2H6/c17-16(18)10-3-5-11(6-4-10)19-13-7-8-14-15-9-1-2-12(13)15;2*1-2/h1-9H;2*1-2H3. The van der Waals surface area contributed by atoms with E-state index in [-0.39, 0.29) is 5.69 Å². The highest BCUT2D eigenvalue weighted by atomic mass is 16.6. The van der Waals surface area contributed by atoms with E-state index >= 15 is 0 Å². The Labute approximate surface area is 135 Å². The van der Waals surface area contributed by atoms with Gasteiger partial charge in [-0.1, -0.05) is 27.7 Å². The SMILES string of the molecule is CC.CC.O=[N+]([O-])c1ccc(Oc2ccnn3cccc23)cc1. The molecule has 0 radical (unpaired) electrons. The van der Waals surface area contributed by atoms with Crippen molar-refractivity contribution in [2.24, 2.45) is 0 Å². The summed E-state index contributed by atoms with van der Waals surface area (Å²) in [7, 11) is 0. The van der Waals surface area contributed by atoms with Crippen molar-refractivity contribution in [2.45, 2.75) is 27.7 Å². The van der Waals surface area contributed by atoms with Crippen LogP contribution in [0.4, 0.5) is 5.69 Å². The van der Waals surface area contributed by atoms with Crippen molar-refractivity contribution in [1.29, 1.82) is 0 Å². The Morgan fingerprint density at radius 1 is 1.04 bits per heavy atom. The van der Waals surface area contributed by atoms with Gasteiger partial charge in [0.2, 0.25) is 0 Å². The molecule has 0 aliphatic heterocycles. The number of nitro groups is 1. The summed E-state index contributed by atoms with van der Waals surface area (Å²) in [6, 6.07) is 11.4. The fourth-order valence-corrected chi connectivity index (χ4v) is 1.78. The molecule has 0 N–H and O–H groups in total. The van der Waals surface area contributed by atoms with E-state index in [1.165, 1.54) is 12.1 Å². The second-order valence-corrected chi connectivity index (χ2v) is 3.89. The van der Waals surface area contributed by atoms with Gasteiger partial charge >= 0.3 is 0 Å². The van der Waals surface area contributed by atoms with Crippen molar-refractivity contribution in [3.63, 3.8) is 0 Å². The topological polar surface area (TPSA) is 69.7 Å². The average molecular weight is 315 g/mol. The Kier molecular flexibility index (Phi) is 7.26. The summed E-state index contributed by atoms with van der Waals surface area (Å²) in [4.78, 5) is 10.1. The molecule has 6 heteroatoms. The number of fused-ring (bicyclic) bond motifs is 1. The Morgan fingerprint density at radius 3 is 2.30 bits per heavy atom. The summed E-state index contributed by atoms with van der Waals surface area (Å²) in [6.45, 7) is 8.00. The van der Waals surface area contributed by atoms with E-state index in [0.717, 1.165) is 5.52 Å². The predicted octanol–water partition coefficient (Wildman–Crippen LogP) is 5.09. The van der Waals surface area contributed by atoms with E-state index in [9.17, 15) is 10.1 Å². The lowest BCUT2D eigenvalue weighted by Crippen LogP contribution is -1.92. The largest absolute Gasteiger partial charge is 0.455 e. The minimum Gasteiger partial charge on any atom is -0.455 e. The number of hydrogen-bond acceptors (Lipinski definition) is 4. The number of ether oxygens (including phenoxy) is 1. The Hall–Kier alpha value is -2.89. The molecule has 3 aromatic rings. The van der Waals surface area contributed by atoms with Crippen LogP contribution >= 0.6 is 0 Å². The number of aromatic nitrogens is 2. The molecule has 0 saturated heterocycles. The summed E-state index contributed by atoms with van der Waals surface area (Å²) in [6.07, 6.45) is 3.45. The van der Waals surface area contributed by atoms with Crippen LogP contribution in [0.1, 0.15) is 27.7 Å². The van der Waals surface area contributed by atoms with Crippen LogP contribution in [-0.2, 0) is 0 Å². The first-order valence-electron chi connectivity index (χ1n) is 7.59. The molecule has 0 atom stereocenters. The Balaban J connectivity index is 0.000000615. The number of nitro benzene ring substituents is 1. The molecule has 0 aliphatic rings. The predicted molar refractivity (Wildman–Crippen MR) is 91.1 cm³/mol. The second kappa shape index (κ2) is 9.19. The molecule has 1 aromatic carbocycles. The number of rotatable bonds is 3. The molecule has 2 heterocycles. The van der Waals surface area contributed by atoms with E-state index in [4.69, 9.17) is 4.74 Å². The van der Waals surface area contributed by atoms with Gasteiger partial charge in [0.25, 0.3) is 5.69 Å². The summed E-state index contributed by atoms with van der Waals surface area (Å²) < 4.78 is 7.40. The molecule has 0 bridgehead atoms. The van der Waals surface area contributed by atoms with Gasteiger partial charge in [-0.15, -0.1) is 0 Å². The van der Waals surface area contributed by atoms with Gasteiger partial charge in [-0.2, -0.15) is 5.10 Å². The van der Waals surface area contributed by atoms with Crippen LogP contribution in [0.2, 0.25) is 0 Å². The third kappa shape index (κ3) is 4.54. The second-order valence-electron chi connectivity index (χ2n) is 3.89. The summed E-state index contributed by atoms with van der Waals surface area (Å²) in [5, 5.41) is 14.7. The maximum absolute atomic E-state index is 10.6. The summed E-state index contributed by atoms with van der Waals surface area (Å²) in [5.74, 6) is 1.19. The summed E-state index contributed by atoms with van der Waals surface area (Å²) >= 11 is 0. The van der Waals surface area contributed by atoms with Crippen LogP contribution in [0, 0.1) is 10.1 Å². The first-order chi connectivity index (χ1) is 11.2. The number of hydrogen-bond donors (Lipinski definition) is 0. The highest BCUT2D eigenvalue weighted by Gasteiger charge is 2.07. The van der Waals surface area contributed by atoms with Gasteiger partial charge in [0, 0.05) is 24.4 Å². The molecule has 0 unspecified atom stereocenters. The normalized spacial score (nSPS) is 9.22. The highest BCUT2D eigenvalue weighted by molar-refractivity contribution is 5.60. The first kappa shape index (κ1) is 18.2. The van der Waals surface area contributed by atoms with E-state index < -0.39 is 4.92 Å². The molecule has 0 amide bonds. The van der Waals surface area contributed by atoms with Crippen LogP contribution in [-0.4, -0.2) is 14.5 Å². The third-order valence-corrected chi connectivity index (χ3v) is 2.67. The fourth-order valence-electron chi connectivity index (χ4n) is 1.78. The van der Waals surface area contributed by atoms with Gasteiger partial charge in [0.1, 0.15) is 11.3 Å². The zero-order chi connectivity index (χ0) is 17.2. The van der Waals surface area contributed by atoms with Gasteiger partial charge in [-0.25, -0.2) is 4.52 Å². The number of benzene rings is 1. The van der Waals surface area contributed by atoms with Gasteiger partial charge in [-0.3, -0.25) is 10.1 Å². The van der Waals surface area contributed by atoms with Crippen molar-refractivity contribution in [2.75, 3.05) is 0 Å². The molecule has 122 valence electrons. The fraction of sp³-hybridized carbons (Fsp3) is 0.235. The van der Waals surface area contributed by atoms with E-state index in [1.54, 1.807) is 28.9 Å². The van der Waals surface area contributed by atoms with Crippen LogP contribution in [0.5, 0.6) is 11.5 Å². The van der Waals surface area contributed by atoms with Crippen molar-refractivity contribution in [1.82, 2.24) is 9.61 Å². The molecule has 0 saturated carbocycles. The van der Waals surface area contributed by atoms with Gasteiger partial charge in [0.05, 0.1) is 11.1 Å². The van der Waals surface area contributed by atoms with E-state index in [2.05, 4.69) is 5.10 Å². The monoisotopic (exact) mass is 315 g/mol. The lowest BCUT2D eigenvalue weighted by atomic mass is 10.3. The van der Waals surface area contributed by atoms with E-state index in [1.807, 2.05) is 46.0 Å². The average Bonchev–Trinajstić information content (AvgIpc) is 3.09. The highest BCUT2D eigenvalue weighted by Crippen LogP contribution is 2.26. The molecule has 2 aromatic heterocycles. The Morgan fingerprint density at radius 2 is 1.70 bits per heavy atom. The molecule has 0 aliphatic carbocycles. The van der Waals surface area contributed by atoms with Crippen molar-refractivity contribution < 1.29 is 9.66 Å².